The summed E-state index contributed by atoms with van der Waals surface area (Å²) in [5.74, 6) is 0.594. The van der Waals surface area contributed by atoms with Gasteiger partial charge in [-0.05, 0) is 60.2 Å². The van der Waals surface area contributed by atoms with Gasteiger partial charge in [0.1, 0.15) is 5.75 Å². The molecule has 0 aliphatic carbocycles. The Morgan fingerprint density at radius 1 is 0.935 bits per heavy atom. The molecule has 0 atom stereocenters. The Hall–Kier alpha value is -3.02. The molecule has 1 heterocycles. The van der Waals surface area contributed by atoms with Crippen LogP contribution in [-0.4, -0.2) is 44.1 Å². The third-order valence-corrected chi connectivity index (χ3v) is 5.94. The Morgan fingerprint density at radius 3 is 2.26 bits per heavy atom. The van der Waals surface area contributed by atoms with Gasteiger partial charge in [0, 0.05) is 54.7 Å². The van der Waals surface area contributed by atoms with Gasteiger partial charge < -0.3 is 15.0 Å². The van der Waals surface area contributed by atoms with Crippen LogP contribution in [0.15, 0.2) is 72.8 Å². The number of carbonyl (C=O) groups is 1. The topological polar surface area (TPSA) is 44.8 Å². The van der Waals surface area contributed by atoms with Crippen molar-refractivity contribution < 1.29 is 9.53 Å². The normalized spacial score (nSPS) is 14.3. The molecule has 0 unspecified atom stereocenters. The number of benzene rings is 3. The second kappa shape index (κ2) is 9.86. The number of hydrogen-bond acceptors (Lipinski definition) is 4. The fraction of sp³-hybridized carbons (Fsp3) is 0.240. The van der Waals surface area contributed by atoms with Gasteiger partial charge in [-0.2, -0.15) is 0 Å². The third kappa shape index (κ3) is 5.37. The quantitative estimate of drug-likeness (QED) is 0.596. The molecule has 1 saturated heterocycles. The van der Waals surface area contributed by atoms with Crippen molar-refractivity contribution in [1.82, 2.24) is 4.90 Å². The summed E-state index contributed by atoms with van der Waals surface area (Å²) < 4.78 is 5.13. The highest BCUT2D eigenvalue weighted by Gasteiger charge is 2.18. The van der Waals surface area contributed by atoms with Gasteiger partial charge in [0.25, 0.3) is 5.91 Å². The molecule has 160 valence electrons. The molecule has 31 heavy (non-hydrogen) atoms. The molecule has 4 rings (SSSR count). The summed E-state index contributed by atoms with van der Waals surface area (Å²) in [7, 11) is 1.61. The van der Waals surface area contributed by atoms with E-state index < -0.39 is 0 Å². The Morgan fingerprint density at radius 2 is 1.61 bits per heavy atom. The number of methoxy groups -OCH3 is 1. The third-order valence-electron chi connectivity index (χ3n) is 5.57. The van der Waals surface area contributed by atoms with Crippen molar-refractivity contribution in [3.8, 4) is 5.75 Å². The van der Waals surface area contributed by atoms with Gasteiger partial charge in [0.05, 0.1) is 7.11 Å². The average molecular weight is 436 g/mol. The van der Waals surface area contributed by atoms with Crippen LogP contribution < -0.4 is 15.0 Å². The molecule has 0 bridgehead atoms. The fourth-order valence-corrected chi connectivity index (χ4v) is 3.93. The van der Waals surface area contributed by atoms with Crippen LogP contribution in [0.2, 0.25) is 5.02 Å². The average Bonchev–Trinajstić information content (AvgIpc) is 2.82. The van der Waals surface area contributed by atoms with E-state index in [4.69, 9.17) is 16.3 Å². The summed E-state index contributed by atoms with van der Waals surface area (Å²) in [5, 5.41) is 3.78. The molecule has 3 aromatic rings. The van der Waals surface area contributed by atoms with Crippen LogP contribution in [0.3, 0.4) is 0 Å². The molecular weight excluding hydrogens is 410 g/mol. The monoisotopic (exact) mass is 435 g/mol. The highest BCUT2D eigenvalue weighted by molar-refractivity contribution is 6.31. The molecular formula is C25H26ClN3O2. The maximum atomic E-state index is 12.4. The SMILES string of the molecule is COc1ccc(C(=O)Nc2ccc(N3CCN(Cc4ccccc4Cl)CC3)cc2)cc1. The Labute approximate surface area is 188 Å². The predicted molar refractivity (Wildman–Crippen MR) is 126 cm³/mol. The summed E-state index contributed by atoms with van der Waals surface area (Å²) in [6.07, 6.45) is 0. The lowest BCUT2D eigenvalue weighted by molar-refractivity contribution is 0.102. The van der Waals surface area contributed by atoms with Crippen molar-refractivity contribution in [2.75, 3.05) is 43.5 Å². The maximum Gasteiger partial charge on any atom is 0.255 e. The molecule has 3 aromatic carbocycles. The standard InChI is InChI=1S/C25H26ClN3O2/c1-31-23-12-6-19(7-13-23)25(30)27-21-8-10-22(11-9-21)29-16-14-28(15-17-29)18-20-4-2-3-5-24(20)26/h2-13H,14-18H2,1H3,(H,27,30). The van der Waals surface area contributed by atoms with Crippen molar-refractivity contribution in [3.05, 3.63) is 88.9 Å². The molecule has 1 fully saturated rings. The summed E-state index contributed by atoms with van der Waals surface area (Å²) in [4.78, 5) is 17.2. The van der Waals surface area contributed by atoms with Gasteiger partial charge in [-0.25, -0.2) is 0 Å². The number of piperazine rings is 1. The van der Waals surface area contributed by atoms with E-state index in [1.54, 1.807) is 31.4 Å². The smallest absolute Gasteiger partial charge is 0.255 e. The van der Waals surface area contributed by atoms with Gasteiger partial charge in [-0.3, -0.25) is 9.69 Å². The number of anilines is 2. The molecule has 0 radical (unpaired) electrons. The lowest BCUT2D eigenvalue weighted by Crippen LogP contribution is -2.46. The van der Waals surface area contributed by atoms with Gasteiger partial charge >= 0.3 is 0 Å². The summed E-state index contributed by atoms with van der Waals surface area (Å²) >= 11 is 6.30. The van der Waals surface area contributed by atoms with E-state index in [0.717, 1.165) is 49.2 Å². The molecule has 0 spiro atoms. The van der Waals surface area contributed by atoms with Crippen LogP contribution in [0.25, 0.3) is 0 Å². The van der Waals surface area contributed by atoms with Crippen LogP contribution in [0.4, 0.5) is 11.4 Å². The Balaban J connectivity index is 1.30. The number of halogens is 1. The number of rotatable bonds is 6. The van der Waals surface area contributed by atoms with Gasteiger partial charge in [-0.15, -0.1) is 0 Å². The second-order valence-electron chi connectivity index (χ2n) is 7.58. The van der Waals surface area contributed by atoms with Crippen LogP contribution in [0.5, 0.6) is 5.75 Å². The number of amides is 1. The summed E-state index contributed by atoms with van der Waals surface area (Å²) in [6.45, 7) is 4.77. The minimum Gasteiger partial charge on any atom is -0.497 e. The van der Waals surface area contributed by atoms with Crippen LogP contribution in [0, 0.1) is 0 Å². The highest BCUT2D eigenvalue weighted by Crippen LogP contribution is 2.22. The van der Waals surface area contributed by atoms with Crippen molar-refractivity contribution in [1.29, 1.82) is 0 Å². The van der Waals surface area contributed by atoms with E-state index in [2.05, 4.69) is 33.3 Å². The second-order valence-corrected chi connectivity index (χ2v) is 7.99. The zero-order chi connectivity index (χ0) is 21.6. The Kier molecular flexibility index (Phi) is 6.75. The number of nitrogens with zero attached hydrogens (tertiary/aromatic N) is 2. The van der Waals surface area contributed by atoms with E-state index >= 15 is 0 Å². The number of hydrogen-bond donors (Lipinski definition) is 1. The van der Waals surface area contributed by atoms with E-state index in [9.17, 15) is 4.79 Å². The van der Waals surface area contributed by atoms with Crippen LogP contribution in [-0.2, 0) is 6.54 Å². The Bertz CT molecular complexity index is 1010. The van der Waals surface area contributed by atoms with E-state index in [1.165, 1.54) is 11.3 Å². The van der Waals surface area contributed by atoms with Crippen LogP contribution in [0.1, 0.15) is 15.9 Å². The fourth-order valence-electron chi connectivity index (χ4n) is 3.73. The molecule has 1 aliphatic heterocycles. The first-order valence-electron chi connectivity index (χ1n) is 10.4. The molecule has 1 amide bonds. The molecule has 0 saturated carbocycles. The van der Waals surface area contributed by atoms with Crippen LogP contribution >= 0.6 is 11.6 Å². The van der Waals surface area contributed by atoms with E-state index in [-0.39, 0.29) is 5.91 Å². The highest BCUT2D eigenvalue weighted by atomic mass is 35.5. The number of carbonyl (C=O) groups excluding carboxylic acids is 1. The number of nitrogens with one attached hydrogen (secondary N) is 1. The van der Waals surface area contributed by atoms with Gasteiger partial charge in [0.2, 0.25) is 0 Å². The van der Waals surface area contributed by atoms with Crippen molar-refractivity contribution in [3.63, 3.8) is 0 Å². The predicted octanol–water partition coefficient (Wildman–Crippen LogP) is 4.92. The molecule has 0 aromatic heterocycles. The van der Waals surface area contributed by atoms with E-state index in [1.807, 2.05) is 30.3 Å². The maximum absolute atomic E-state index is 12.4. The first-order chi connectivity index (χ1) is 15.1. The largest absolute Gasteiger partial charge is 0.497 e. The summed E-state index contributed by atoms with van der Waals surface area (Å²) in [6, 6.07) is 23.1. The van der Waals surface area contributed by atoms with Gasteiger partial charge in [0.15, 0.2) is 0 Å². The first kappa shape index (κ1) is 21.2. The zero-order valence-corrected chi connectivity index (χ0v) is 18.3. The minimum atomic E-state index is -0.136. The minimum absolute atomic E-state index is 0.136. The van der Waals surface area contributed by atoms with Crippen molar-refractivity contribution in [2.24, 2.45) is 0 Å². The lowest BCUT2D eigenvalue weighted by Gasteiger charge is -2.36. The van der Waals surface area contributed by atoms with E-state index in [0.29, 0.717) is 5.56 Å². The number of ether oxygens (including phenoxy) is 1. The van der Waals surface area contributed by atoms with Crippen molar-refractivity contribution in [2.45, 2.75) is 6.54 Å². The first-order valence-corrected chi connectivity index (χ1v) is 10.8. The molecule has 6 heteroatoms. The summed E-state index contributed by atoms with van der Waals surface area (Å²) in [5.41, 5.74) is 3.72. The zero-order valence-electron chi connectivity index (χ0n) is 17.6. The molecule has 1 aliphatic rings. The molecule has 1 N–H and O–H groups in total. The molecule has 5 nitrogen and oxygen atoms in total. The van der Waals surface area contributed by atoms with Gasteiger partial charge in [-0.1, -0.05) is 29.8 Å². The lowest BCUT2D eigenvalue weighted by atomic mass is 10.1. The van der Waals surface area contributed by atoms with Crippen molar-refractivity contribution >= 4 is 28.9 Å².